The molecule has 7 nitrogen and oxygen atoms in total. The van der Waals surface area contributed by atoms with Gasteiger partial charge in [0.25, 0.3) is 11.8 Å². The summed E-state index contributed by atoms with van der Waals surface area (Å²) >= 11 is 0. The Balaban J connectivity index is 1.51. The van der Waals surface area contributed by atoms with E-state index in [4.69, 9.17) is 4.74 Å². The monoisotopic (exact) mass is 395 g/mol. The fourth-order valence-electron chi connectivity index (χ4n) is 2.74. The van der Waals surface area contributed by atoms with Crippen molar-refractivity contribution in [1.29, 1.82) is 0 Å². The minimum atomic E-state index is -0.254. The van der Waals surface area contributed by atoms with Crippen molar-refractivity contribution in [2.45, 2.75) is 13.3 Å². The van der Waals surface area contributed by atoms with Crippen molar-refractivity contribution in [3.63, 3.8) is 0 Å². The van der Waals surface area contributed by atoms with Gasteiger partial charge in [0.15, 0.2) is 6.61 Å². The summed E-state index contributed by atoms with van der Waals surface area (Å²) in [5.41, 5.74) is 1.78. The minimum absolute atomic E-state index is 0.0318. The lowest BCUT2D eigenvalue weighted by Gasteiger charge is -2.12. The highest BCUT2D eigenvalue weighted by Crippen LogP contribution is 2.38. The second kappa shape index (κ2) is 8.77. The molecule has 0 aromatic heterocycles. The largest absolute Gasteiger partial charge is 0.484 e. The fourth-order valence-corrected chi connectivity index (χ4v) is 2.74. The first-order chi connectivity index (χ1) is 13.8. The molecule has 2 aromatic carbocycles. The van der Waals surface area contributed by atoms with E-state index in [1.807, 2.05) is 0 Å². The average molecular weight is 395 g/mol. The van der Waals surface area contributed by atoms with Crippen molar-refractivity contribution >= 4 is 29.1 Å². The first-order valence-electron chi connectivity index (χ1n) is 9.49. The smallest absolute Gasteiger partial charge is 0.259 e. The van der Waals surface area contributed by atoms with Gasteiger partial charge in [-0.15, -0.1) is 0 Å². The van der Waals surface area contributed by atoms with E-state index >= 15 is 0 Å². The molecule has 2 atom stereocenters. The summed E-state index contributed by atoms with van der Waals surface area (Å²) < 4.78 is 5.41. The van der Waals surface area contributed by atoms with E-state index in [1.165, 1.54) is 4.90 Å². The molecule has 0 bridgehead atoms. The van der Waals surface area contributed by atoms with E-state index in [9.17, 15) is 14.4 Å². The van der Waals surface area contributed by atoms with Gasteiger partial charge >= 0.3 is 0 Å². The molecule has 7 heteroatoms. The van der Waals surface area contributed by atoms with Gasteiger partial charge in [-0.3, -0.25) is 14.4 Å². The van der Waals surface area contributed by atoms with Gasteiger partial charge in [0.2, 0.25) is 5.91 Å². The van der Waals surface area contributed by atoms with Crippen molar-refractivity contribution in [2.24, 2.45) is 11.8 Å². The molecule has 2 unspecified atom stereocenters. The molecule has 3 rings (SSSR count). The van der Waals surface area contributed by atoms with Crippen LogP contribution in [0.3, 0.4) is 0 Å². The zero-order valence-corrected chi connectivity index (χ0v) is 16.8. The highest BCUT2D eigenvalue weighted by atomic mass is 16.5. The molecule has 0 radical (unpaired) electrons. The van der Waals surface area contributed by atoms with E-state index in [2.05, 4.69) is 17.6 Å². The van der Waals surface area contributed by atoms with Gasteiger partial charge in [0.05, 0.1) is 0 Å². The molecule has 2 N–H and O–H groups in total. The third-order valence-corrected chi connectivity index (χ3v) is 4.83. The predicted molar refractivity (Wildman–Crippen MR) is 111 cm³/mol. The number of hydrogen-bond donors (Lipinski definition) is 2. The van der Waals surface area contributed by atoms with Crippen LogP contribution in [0.5, 0.6) is 5.75 Å². The van der Waals surface area contributed by atoms with Crippen molar-refractivity contribution < 1.29 is 19.1 Å². The van der Waals surface area contributed by atoms with Crippen molar-refractivity contribution in [3.8, 4) is 5.75 Å². The van der Waals surface area contributed by atoms with Gasteiger partial charge in [-0.1, -0.05) is 6.92 Å². The lowest BCUT2D eigenvalue weighted by Crippen LogP contribution is -2.27. The third kappa shape index (κ3) is 5.57. The number of amides is 3. The van der Waals surface area contributed by atoms with Gasteiger partial charge in [0.1, 0.15) is 5.75 Å². The number of hydrogen-bond acceptors (Lipinski definition) is 4. The molecule has 29 heavy (non-hydrogen) atoms. The molecule has 0 aliphatic heterocycles. The Morgan fingerprint density at radius 2 is 1.52 bits per heavy atom. The number of ether oxygens (including phenoxy) is 1. The quantitative estimate of drug-likeness (QED) is 0.754. The van der Waals surface area contributed by atoms with Crippen molar-refractivity contribution in [2.75, 3.05) is 31.3 Å². The maximum atomic E-state index is 12.4. The van der Waals surface area contributed by atoms with Crippen LogP contribution in [-0.4, -0.2) is 43.3 Å². The number of nitrogens with zero attached hydrogens (tertiary/aromatic N) is 1. The minimum Gasteiger partial charge on any atom is -0.484 e. The molecule has 2 aromatic rings. The zero-order valence-electron chi connectivity index (χ0n) is 16.8. The molecule has 0 heterocycles. The molecule has 152 valence electrons. The summed E-state index contributed by atoms with van der Waals surface area (Å²) in [4.78, 5) is 37.4. The SMILES string of the molecule is CC1CC1C(=O)Nc1ccc(C(=O)Nc2ccc(OCC(=O)N(C)C)cc2)cc1. The first kappa shape index (κ1) is 20.4. The number of carbonyl (C=O) groups is 3. The van der Waals surface area contributed by atoms with E-state index in [1.54, 1.807) is 62.6 Å². The summed E-state index contributed by atoms with van der Waals surface area (Å²) in [6.45, 7) is 2.01. The van der Waals surface area contributed by atoms with Gasteiger partial charge in [0, 0.05) is 37.0 Å². The first-order valence-corrected chi connectivity index (χ1v) is 9.49. The van der Waals surface area contributed by atoms with Crippen LogP contribution in [0.4, 0.5) is 11.4 Å². The Labute approximate surface area is 170 Å². The Morgan fingerprint density at radius 3 is 2.07 bits per heavy atom. The molecule has 1 aliphatic carbocycles. The molecular weight excluding hydrogens is 370 g/mol. The number of benzene rings is 2. The van der Waals surface area contributed by atoms with Gasteiger partial charge in [-0.25, -0.2) is 0 Å². The van der Waals surface area contributed by atoms with Crippen molar-refractivity contribution in [1.82, 2.24) is 4.90 Å². The molecule has 1 aliphatic rings. The predicted octanol–water partition coefficient (Wildman–Crippen LogP) is 3.00. The summed E-state index contributed by atoms with van der Waals surface area (Å²) in [5, 5.41) is 5.68. The fraction of sp³-hybridized carbons (Fsp3) is 0.318. The van der Waals surface area contributed by atoms with Crippen LogP contribution in [0.25, 0.3) is 0 Å². The molecule has 0 saturated heterocycles. The highest BCUT2D eigenvalue weighted by Gasteiger charge is 2.39. The van der Waals surface area contributed by atoms with Gasteiger partial charge in [-0.05, 0) is 60.9 Å². The lowest BCUT2D eigenvalue weighted by atomic mass is 10.2. The number of rotatable bonds is 7. The van der Waals surface area contributed by atoms with E-state index in [0.29, 0.717) is 28.6 Å². The molecule has 1 fully saturated rings. The van der Waals surface area contributed by atoms with Crippen LogP contribution in [0.15, 0.2) is 48.5 Å². The normalized spacial score (nSPS) is 17.2. The third-order valence-electron chi connectivity index (χ3n) is 4.83. The van der Waals surface area contributed by atoms with Crippen LogP contribution in [0.2, 0.25) is 0 Å². The topological polar surface area (TPSA) is 87.7 Å². The molecule has 1 saturated carbocycles. The summed E-state index contributed by atoms with van der Waals surface area (Å²) in [6, 6.07) is 13.6. The summed E-state index contributed by atoms with van der Waals surface area (Å²) in [7, 11) is 3.33. The number of nitrogens with one attached hydrogen (secondary N) is 2. The number of anilines is 2. The average Bonchev–Trinajstić information content (AvgIpc) is 3.44. The number of carbonyl (C=O) groups excluding carboxylic acids is 3. The Hall–Kier alpha value is -3.35. The second-order valence-corrected chi connectivity index (χ2v) is 7.44. The molecular formula is C22H25N3O4. The van der Waals surface area contributed by atoms with Crippen LogP contribution >= 0.6 is 0 Å². The Kier molecular flexibility index (Phi) is 6.16. The molecule has 0 spiro atoms. The number of likely N-dealkylation sites (N-methyl/N-ethyl adjacent to an activating group) is 1. The zero-order chi connectivity index (χ0) is 21.0. The van der Waals surface area contributed by atoms with E-state index in [-0.39, 0.29) is 30.2 Å². The maximum Gasteiger partial charge on any atom is 0.259 e. The molecule has 3 amide bonds. The maximum absolute atomic E-state index is 12.4. The second-order valence-electron chi connectivity index (χ2n) is 7.44. The van der Waals surface area contributed by atoms with Crippen LogP contribution in [0, 0.1) is 11.8 Å². The van der Waals surface area contributed by atoms with Crippen molar-refractivity contribution in [3.05, 3.63) is 54.1 Å². The highest BCUT2D eigenvalue weighted by molar-refractivity contribution is 6.04. The Bertz CT molecular complexity index is 891. The van der Waals surface area contributed by atoms with Crippen LogP contribution in [-0.2, 0) is 9.59 Å². The summed E-state index contributed by atoms with van der Waals surface area (Å²) in [5.74, 6) is 0.743. The Morgan fingerprint density at radius 1 is 0.966 bits per heavy atom. The van der Waals surface area contributed by atoms with Crippen LogP contribution < -0.4 is 15.4 Å². The van der Waals surface area contributed by atoms with Gasteiger partial charge < -0.3 is 20.3 Å². The summed E-state index contributed by atoms with van der Waals surface area (Å²) in [6.07, 6.45) is 0.933. The lowest BCUT2D eigenvalue weighted by molar-refractivity contribution is -0.130. The standard InChI is InChI=1S/C22H25N3O4/c1-14-12-19(14)22(28)24-16-6-4-15(5-7-16)21(27)23-17-8-10-18(11-9-17)29-13-20(26)25(2)3/h4-11,14,19H,12-13H2,1-3H3,(H,23,27)(H,24,28). The van der Waals surface area contributed by atoms with E-state index in [0.717, 1.165) is 6.42 Å². The van der Waals surface area contributed by atoms with Gasteiger partial charge in [-0.2, -0.15) is 0 Å². The van der Waals surface area contributed by atoms with E-state index < -0.39 is 0 Å². The van der Waals surface area contributed by atoms with Crippen LogP contribution in [0.1, 0.15) is 23.7 Å².